The molecule has 5 N–H and O–H groups in total. The van der Waals surface area contributed by atoms with Gasteiger partial charge in [0.05, 0.1) is 12.5 Å². The number of carbonyl (C=O) groups excluding carboxylic acids is 2. The van der Waals surface area contributed by atoms with E-state index in [9.17, 15) is 9.59 Å². The van der Waals surface area contributed by atoms with Crippen LogP contribution in [0.15, 0.2) is 48.6 Å². The molecule has 0 saturated carbocycles. The van der Waals surface area contributed by atoms with Crippen LogP contribution in [-0.4, -0.2) is 88.1 Å². The second kappa shape index (κ2) is 14.6. The highest BCUT2D eigenvalue weighted by Gasteiger charge is 2.32. The third kappa shape index (κ3) is 8.77. The third-order valence-corrected chi connectivity index (χ3v) is 6.48. The van der Waals surface area contributed by atoms with Gasteiger partial charge in [-0.25, -0.2) is 0 Å². The topological polar surface area (TPSA) is 167 Å². The van der Waals surface area contributed by atoms with Gasteiger partial charge in [-0.2, -0.15) is 20.3 Å². The number of aromatic amines is 1. The van der Waals surface area contributed by atoms with Crippen molar-refractivity contribution >= 4 is 40.9 Å². The maximum Gasteiger partial charge on any atom is 0.246 e. The summed E-state index contributed by atoms with van der Waals surface area (Å²) < 4.78 is 0. The molecule has 4 rings (SSSR count). The lowest BCUT2D eigenvalue weighted by Crippen LogP contribution is -2.46. The van der Waals surface area contributed by atoms with E-state index in [0.29, 0.717) is 62.4 Å². The number of nitrogens with one attached hydrogen (secondary N) is 5. The van der Waals surface area contributed by atoms with Crippen molar-refractivity contribution in [2.45, 2.75) is 32.2 Å². The Balaban J connectivity index is 1.36. The summed E-state index contributed by atoms with van der Waals surface area (Å²) in [6.45, 7) is 3.91. The number of anilines is 5. The molecular weight excluding hydrogens is 534 g/mol. The SMILES string of the molecule is Cc1cc(Nc2cc(NCCNC(=O)[C@@H]3CCCN3C(=O)/C=C/CN(C)C)nc(Nc3ccc(CC#N)cc3)n2)n[nH]1. The summed E-state index contributed by atoms with van der Waals surface area (Å²) in [6.07, 6.45) is 5.14. The minimum absolute atomic E-state index is 0.138. The molecule has 1 saturated heterocycles. The second-order valence-corrected chi connectivity index (χ2v) is 10.3. The van der Waals surface area contributed by atoms with E-state index >= 15 is 0 Å². The average Bonchev–Trinajstić information content (AvgIpc) is 3.61. The first-order valence-electron chi connectivity index (χ1n) is 13.8. The Morgan fingerprint density at radius 2 is 1.90 bits per heavy atom. The molecule has 1 aliphatic rings. The number of rotatable bonds is 13. The Bertz CT molecular complexity index is 1430. The number of likely N-dealkylation sites (tertiary alicyclic amines) is 1. The van der Waals surface area contributed by atoms with Crippen LogP contribution in [0.25, 0.3) is 0 Å². The van der Waals surface area contributed by atoms with E-state index in [-0.39, 0.29) is 11.8 Å². The molecule has 3 aromatic rings. The van der Waals surface area contributed by atoms with Crippen molar-refractivity contribution in [2.75, 3.05) is 56.2 Å². The van der Waals surface area contributed by atoms with E-state index in [0.717, 1.165) is 23.4 Å². The molecule has 3 heterocycles. The number of H-pyrrole nitrogens is 1. The summed E-state index contributed by atoms with van der Waals surface area (Å²) in [6, 6.07) is 12.8. The van der Waals surface area contributed by atoms with Crippen LogP contribution < -0.4 is 21.3 Å². The van der Waals surface area contributed by atoms with Gasteiger partial charge in [0.2, 0.25) is 17.8 Å². The van der Waals surface area contributed by atoms with Crippen molar-refractivity contribution in [3.05, 3.63) is 59.8 Å². The van der Waals surface area contributed by atoms with Crippen LogP contribution in [0.4, 0.5) is 29.1 Å². The number of carbonyl (C=O) groups is 2. The molecule has 1 atom stereocenters. The number of nitrogens with zero attached hydrogens (tertiary/aromatic N) is 6. The smallest absolute Gasteiger partial charge is 0.246 e. The van der Waals surface area contributed by atoms with Crippen molar-refractivity contribution in [3.63, 3.8) is 0 Å². The van der Waals surface area contributed by atoms with Crippen LogP contribution in [0.3, 0.4) is 0 Å². The summed E-state index contributed by atoms with van der Waals surface area (Å²) >= 11 is 0. The van der Waals surface area contributed by atoms with Crippen LogP contribution >= 0.6 is 0 Å². The minimum atomic E-state index is -0.469. The largest absolute Gasteiger partial charge is 0.368 e. The van der Waals surface area contributed by atoms with Crippen LogP contribution in [0.1, 0.15) is 24.1 Å². The van der Waals surface area contributed by atoms with Crippen LogP contribution in [0.2, 0.25) is 0 Å². The molecule has 2 amide bonds. The molecule has 1 aromatic carbocycles. The zero-order valence-electron chi connectivity index (χ0n) is 24.1. The zero-order chi connectivity index (χ0) is 29.9. The molecule has 220 valence electrons. The molecule has 0 bridgehead atoms. The van der Waals surface area contributed by atoms with Gasteiger partial charge in [0, 0.05) is 55.8 Å². The van der Waals surface area contributed by atoms with Crippen molar-refractivity contribution in [1.82, 2.24) is 35.3 Å². The molecule has 2 aromatic heterocycles. The Morgan fingerprint density at radius 3 is 2.62 bits per heavy atom. The van der Waals surface area contributed by atoms with Gasteiger partial charge in [-0.3, -0.25) is 14.7 Å². The van der Waals surface area contributed by atoms with Gasteiger partial charge in [0.1, 0.15) is 17.7 Å². The van der Waals surface area contributed by atoms with E-state index < -0.39 is 6.04 Å². The first-order chi connectivity index (χ1) is 20.3. The van der Waals surface area contributed by atoms with Gasteiger partial charge in [-0.15, -0.1) is 0 Å². The number of hydrogen-bond donors (Lipinski definition) is 5. The summed E-state index contributed by atoms with van der Waals surface area (Å²) in [7, 11) is 3.87. The van der Waals surface area contributed by atoms with Crippen molar-refractivity contribution < 1.29 is 9.59 Å². The highest BCUT2D eigenvalue weighted by Crippen LogP contribution is 2.22. The van der Waals surface area contributed by atoms with E-state index in [1.807, 2.05) is 62.3 Å². The number of nitriles is 1. The normalized spacial score (nSPS) is 14.6. The molecule has 0 spiro atoms. The molecule has 0 radical (unpaired) electrons. The lowest BCUT2D eigenvalue weighted by atomic mass is 10.1. The van der Waals surface area contributed by atoms with E-state index in [2.05, 4.69) is 47.5 Å². The summed E-state index contributed by atoms with van der Waals surface area (Å²) in [4.78, 5) is 38.2. The Morgan fingerprint density at radius 1 is 1.12 bits per heavy atom. The van der Waals surface area contributed by atoms with Crippen LogP contribution in [-0.2, 0) is 16.0 Å². The fourth-order valence-corrected chi connectivity index (χ4v) is 4.45. The van der Waals surface area contributed by atoms with Gasteiger partial charge in [-0.1, -0.05) is 18.2 Å². The summed E-state index contributed by atoms with van der Waals surface area (Å²) in [5.74, 6) is 1.73. The Hall–Kier alpha value is -4.96. The quantitative estimate of drug-likeness (QED) is 0.152. The standard InChI is InChI=1S/C29H37N11O2/c1-20-18-26(38-37-20)34-25-19-24(35-29(36-25)33-22-10-8-21(9-11-22)12-13-30)31-14-15-32-28(42)23-6-4-17-40(23)27(41)7-5-16-39(2)3/h5,7-11,18-19,23H,4,6,12,14-17H2,1-3H3,(H,32,42)(H4,31,33,34,35,36,37,38)/b7-5+/t23-/m0/s1. The number of aromatic nitrogens is 4. The number of benzene rings is 1. The molecule has 42 heavy (non-hydrogen) atoms. The Kier molecular flexibility index (Phi) is 10.4. The van der Waals surface area contributed by atoms with Gasteiger partial charge in [0.25, 0.3) is 0 Å². The van der Waals surface area contributed by atoms with Gasteiger partial charge in [0.15, 0.2) is 5.82 Å². The number of likely N-dealkylation sites (N-methyl/N-ethyl adjacent to an activating group) is 1. The fraction of sp³-hybridized carbons (Fsp3) is 0.379. The maximum atomic E-state index is 12.9. The van der Waals surface area contributed by atoms with Crippen molar-refractivity contribution in [3.8, 4) is 6.07 Å². The molecule has 0 aliphatic carbocycles. The molecule has 13 nitrogen and oxygen atoms in total. The van der Waals surface area contributed by atoms with E-state index in [1.165, 1.54) is 0 Å². The maximum absolute atomic E-state index is 12.9. The number of aryl methyl sites for hydroxylation is 1. The predicted molar refractivity (Wildman–Crippen MR) is 162 cm³/mol. The Labute approximate surface area is 245 Å². The monoisotopic (exact) mass is 571 g/mol. The second-order valence-electron chi connectivity index (χ2n) is 10.3. The third-order valence-electron chi connectivity index (χ3n) is 6.48. The summed E-state index contributed by atoms with van der Waals surface area (Å²) in [5, 5.41) is 28.6. The van der Waals surface area contributed by atoms with Crippen LogP contribution in [0.5, 0.6) is 0 Å². The number of hydrogen-bond acceptors (Lipinski definition) is 10. The fourth-order valence-electron chi connectivity index (χ4n) is 4.45. The first-order valence-corrected chi connectivity index (χ1v) is 13.8. The zero-order valence-corrected chi connectivity index (χ0v) is 24.1. The van der Waals surface area contributed by atoms with Crippen molar-refractivity contribution in [2.24, 2.45) is 0 Å². The molecular formula is C29H37N11O2. The van der Waals surface area contributed by atoms with Crippen LogP contribution in [0, 0.1) is 18.3 Å². The predicted octanol–water partition coefficient (Wildman–Crippen LogP) is 2.70. The van der Waals surface area contributed by atoms with E-state index in [1.54, 1.807) is 17.0 Å². The van der Waals surface area contributed by atoms with Gasteiger partial charge >= 0.3 is 0 Å². The first kappa shape index (κ1) is 30.0. The molecule has 1 aliphatic heterocycles. The number of amides is 2. The minimum Gasteiger partial charge on any atom is -0.368 e. The summed E-state index contributed by atoms with van der Waals surface area (Å²) in [5.41, 5.74) is 2.60. The average molecular weight is 572 g/mol. The highest BCUT2D eigenvalue weighted by atomic mass is 16.2. The lowest BCUT2D eigenvalue weighted by molar-refractivity contribution is -0.135. The lowest BCUT2D eigenvalue weighted by Gasteiger charge is -2.23. The van der Waals surface area contributed by atoms with Gasteiger partial charge in [-0.05, 0) is 51.6 Å². The van der Waals surface area contributed by atoms with Crippen molar-refractivity contribution in [1.29, 1.82) is 5.26 Å². The van der Waals surface area contributed by atoms with E-state index in [4.69, 9.17) is 5.26 Å². The molecule has 1 fully saturated rings. The molecule has 13 heteroatoms. The molecule has 0 unspecified atom stereocenters. The van der Waals surface area contributed by atoms with Gasteiger partial charge < -0.3 is 31.1 Å². The highest BCUT2D eigenvalue weighted by molar-refractivity contribution is 5.93.